The van der Waals surface area contributed by atoms with Crippen molar-refractivity contribution in [3.63, 3.8) is 0 Å². The summed E-state index contributed by atoms with van der Waals surface area (Å²) in [6.07, 6.45) is 0. The number of rotatable bonds is 6. The van der Waals surface area contributed by atoms with Gasteiger partial charge < -0.3 is 10.2 Å². The summed E-state index contributed by atoms with van der Waals surface area (Å²) in [5.41, 5.74) is 0. The van der Waals surface area contributed by atoms with Crippen LogP contribution in [0.25, 0.3) is 0 Å². The van der Waals surface area contributed by atoms with Crippen LogP contribution in [0.15, 0.2) is 0 Å². The highest BCUT2D eigenvalue weighted by Crippen LogP contribution is 1.86. The smallest absolute Gasteiger partial charge is 0.324 e. The van der Waals surface area contributed by atoms with E-state index >= 15 is 0 Å². The molecule has 0 rings (SSSR count). The van der Waals surface area contributed by atoms with Crippen LogP contribution in [0.5, 0.6) is 0 Å². The fourth-order valence-electron chi connectivity index (χ4n) is 0.585. The first kappa shape index (κ1) is 12.3. The van der Waals surface area contributed by atoms with Crippen molar-refractivity contribution < 1.29 is 23.4 Å². The van der Waals surface area contributed by atoms with Crippen LogP contribution >= 0.6 is 0 Å². The molecule has 0 aliphatic rings. The largest absolute Gasteiger partial charge is 0.480 e. The van der Waals surface area contributed by atoms with Gasteiger partial charge in [-0.15, -0.1) is 0 Å². The molecule has 0 unspecified atom stereocenters. The Morgan fingerprint density at radius 1 is 1.54 bits per heavy atom. The molecule has 0 saturated heterocycles. The summed E-state index contributed by atoms with van der Waals surface area (Å²) in [5.74, 6) is -1.43. The number of carbonyl (C=O) groups is 1. The number of aliphatic hydroxyl groups excluding tert-OH is 1. The Bertz CT molecular complexity index is 262. The topological polar surface area (TPSA) is 116 Å². The first-order chi connectivity index (χ1) is 5.93. The Morgan fingerprint density at radius 3 is 2.38 bits per heavy atom. The maximum Gasteiger partial charge on any atom is 0.324 e. The van der Waals surface area contributed by atoms with Gasteiger partial charge in [0.1, 0.15) is 6.04 Å². The fourth-order valence-corrected chi connectivity index (χ4v) is 1.60. The third kappa shape index (κ3) is 4.78. The highest BCUT2D eigenvalue weighted by Gasteiger charge is 2.21. The van der Waals surface area contributed by atoms with Gasteiger partial charge in [-0.1, -0.05) is 6.92 Å². The molecule has 0 saturated carbocycles. The van der Waals surface area contributed by atoms with E-state index in [0.717, 1.165) is 0 Å². The molecule has 0 spiro atoms. The van der Waals surface area contributed by atoms with Crippen LogP contribution in [-0.2, 0) is 15.0 Å². The maximum atomic E-state index is 10.9. The molecule has 4 N–H and O–H groups in total. The van der Waals surface area contributed by atoms with Gasteiger partial charge >= 0.3 is 5.97 Å². The summed E-state index contributed by atoms with van der Waals surface area (Å²) in [6.45, 7) is 0.904. The van der Waals surface area contributed by atoms with Crippen molar-refractivity contribution in [1.82, 2.24) is 9.44 Å². The average molecular weight is 212 g/mol. The molecule has 0 aromatic heterocycles. The summed E-state index contributed by atoms with van der Waals surface area (Å²) in [7, 11) is -3.83. The second-order valence-electron chi connectivity index (χ2n) is 2.19. The van der Waals surface area contributed by atoms with Crippen LogP contribution in [0.3, 0.4) is 0 Å². The van der Waals surface area contributed by atoms with E-state index in [1.165, 1.54) is 0 Å². The zero-order chi connectivity index (χ0) is 10.5. The molecule has 7 nitrogen and oxygen atoms in total. The van der Waals surface area contributed by atoms with Gasteiger partial charge in [0.05, 0.1) is 6.61 Å². The van der Waals surface area contributed by atoms with E-state index < -0.39 is 28.8 Å². The number of nitrogens with one attached hydrogen (secondary N) is 2. The summed E-state index contributed by atoms with van der Waals surface area (Å²) in [5, 5.41) is 16.9. The SMILES string of the molecule is CCNS(=O)(=O)N[C@H](CO)C(=O)O. The highest BCUT2D eigenvalue weighted by atomic mass is 32.2. The van der Waals surface area contributed by atoms with Crippen molar-refractivity contribution >= 4 is 16.2 Å². The standard InChI is InChI=1S/C5H12N2O5S/c1-2-6-13(11,12)7-4(3-8)5(9)10/h4,6-8H,2-3H2,1H3,(H,9,10)/t4-/m1/s1. The van der Waals surface area contributed by atoms with Crippen molar-refractivity contribution in [2.45, 2.75) is 13.0 Å². The molecule has 0 aliphatic carbocycles. The molecule has 0 fully saturated rings. The molecule has 0 amide bonds. The Morgan fingerprint density at radius 2 is 2.08 bits per heavy atom. The van der Waals surface area contributed by atoms with Crippen molar-refractivity contribution in [3.8, 4) is 0 Å². The van der Waals surface area contributed by atoms with Crippen LogP contribution in [0.2, 0.25) is 0 Å². The molecule has 78 valence electrons. The van der Waals surface area contributed by atoms with Gasteiger partial charge in [-0.3, -0.25) is 4.79 Å². The molecule has 8 heteroatoms. The van der Waals surface area contributed by atoms with Gasteiger partial charge in [0.25, 0.3) is 10.2 Å². The minimum absolute atomic E-state index is 0.146. The normalized spacial score (nSPS) is 14.0. The van der Waals surface area contributed by atoms with Crippen LogP contribution in [0.4, 0.5) is 0 Å². The monoisotopic (exact) mass is 212 g/mol. The quantitative estimate of drug-likeness (QED) is 0.401. The lowest BCUT2D eigenvalue weighted by Crippen LogP contribution is -2.48. The predicted molar refractivity (Wildman–Crippen MR) is 44.2 cm³/mol. The predicted octanol–water partition coefficient (Wildman–Crippen LogP) is -2.12. The fraction of sp³-hybridized carbons (Fsp3) is 0.800. The maximum absolute atomic E-state index is 10.9. The lowest BCUT2D eigenvalue weighted by Gasteiger charge is -2.11. The number of carboxylic acid groups (broad SMARTS) is 1. The first-order valence-corrected chi connectivity index (χ1v) is 5.01. The van der Waals surface area contributed by atoms with Crippen molar-refractivity contribution in [2.24, 2.45) is 0 Å². The Labute approximate surface area is 75.9 Å². The number of aliphatic carboxylic acids is 1. The summed E-state index contributed by atoms with van der Waals surface area (Å²) >= 11 is 0. The molecule has 0 radical (unpaired) electrons. The van der Waals surface area contributed by atoms with E-state index in [1.807, 2.05) is 4.72 Å². The van der Waals surface area contributed by atoms with Gasteiger partial charge in [0.15, 0.2) is 0 Å². The molecule has 0 heterocycles. The molecule has 0 aromatic carbocycles. The van der Waals surface area contributed by atoms with E-state index in [1.54, 1.807) is 11.6 Å². The Hall–Kier alpha value is -0.700. The second-order valence-corrected chi connectivity index (χ2v) is 3.72. The van der Waals surface area contributed by atoms with Gasteiger partial charge in [0.2, 0.25) is 0 Å². The second kappa shape index (κ2) is 5.12. The van der Waals surface area contributed by atoms with Crippen molar-refractivity contribution in [2.75, 3.05) is 13.2 Å². The van der Waals surface area contributed by atoms with Crippen LogP contribution in [0, 0.1) is 0 Å². The third-order valence-corrected chi connectivity index (χ3v) is 2.38. The lowest BCUT2D eigenvalue weighted by molar-refractivity contribution is -0.139. The number of hydrogen-bond donors (Lipinski definition) is 4. The van der Waals surface area contributed by atoms with E-state index in [2.05, 4.69) is 0 Å². The number of hydrogen-bond acceptors (Lipinski definition) is 4. The van der Waals surface area contributed by atoms with Crippen molar-refractivity contribution in [1.29, 1.82) is 0 Å². The molecular weight excluding hydrogens is 200 g/mol. The molecule has 0 aliphatic heterocycles. The van der Waals surface area contributed by atoms with Crippen LogP contribution < -0.4 is 9.44 Å². The summed E-state index contributed by atoms with van der Waals surface area (Å²) in [6, 6.07) is -1.51. The van der Waals surface area contributed by atoms with E-state index in [0.29, 0.717) is 0 Å². The van der Waals surface area contributed by atoms with Crippen molar-refractivity contribution in [3.05, 3.63) is 0 Å². The molecule has 1 atom stereocenters. The third-order valence-electron chi connectivity index (χ3n) is 1.11. The summed E-state index contributed by atoms with van der Waals surface area (Å²) in [4.78, 5) is 10.3. The Kier molecular flexibility index (Phi) is 4.85. The van der Waals surface area contributed by atoms with E-state index in [4.69, 9.17) is 10.2 Å². The zero-order valence-corrected chi connectivity index (χ0v) is 7.84. The first-order valence-electron chi connectivity index (χ1n) is 3.53. The molecule has 0 aromatic rings. The number of carboxylic acids is 1. The molecule has 13 heavy (non-hydrogen) atoms. The summed E-state index contributed by atoms with van der Waals surface area (Å²) < 4.78 is 25.6. The minimum Gasteiger partial charge on any atom is -0.480 e. The molecular formula is C5H12N2O5S. The zero-order valence-electron chi connectivity index (χ0n) is 7.02. The number of aliphatic hydroxyl groups is 1. The van der Waals surface area contributed by atoms with Gasteiger partial charge in [-0.2, -0.15) is 13.1 Å². The highest BCUT2D eigenvalue weighted by molar-refractivity contribution is 7.87. The van der Waals surface area contributed by atoms with E-state index in [-0.39, 0.29) is 6.54 Å². The van der Waals surface area contributed by atoms with Crippen LogP contribution in [-0.4, -0.2) is 43.8 Å². The van der Waals surface area contributed by atoms with Gasteiger partial charge in [-0.05, 0) is 0 Å². The molecule has 0 bridgehead atoms. The van der Waals surface area contributed by atoms with Gasteiger partial charge in [0, 0.05) is 6.54 Å². The Balaban J connectivity index is 4.31. The minimum atomic E-state index is -3.83. The van der Waals surface area contributed by atoms with Gasteiger partial charge in [-0.25, -0.2) is 4.72 Å². The lowest BCUT2D eigenvalue weighted by atomic mass is 10.3. The van der Waals surface area contributed by atoms with E-state index in [9.17, 15) is 13.2 Å². The average Bonchev–Trinajstić information content (AvgIpc) is 1.99. The van der Waals surface area contributed by atoms with Crippen LogP contribution in [0.1, 0.15) is 6.92 Å².